The van der Waals surface area contributed by atoms with Crippen molar-refractivity contribution in [3.8, 4) is 11.5 Å². The lowest BCUT2D eigenvalue weighted by molar-refractivity contribution is 0.0948. The van der Waals surface area contributed by atoms with E-state index in [0.29, 0.717) is 6.54 Å². The second-order valence-electron chi connectivity index (χ2n) is 3.27. The summed E-state index contributed by atoms with van der Waals surface area (Å²) in [7, 11) is 0. The third-order valence-corrected chi connectivity index (χ3v) is 2.76. The Kier molecular flexibility index (Phi) is 4.98. The highest BCUT2D eigenvalue weighted by atomic mass is 32.2. The zero-order valence-corrected chi connectivity index (χ0v) is 9.88. The van der Waals surface area contributed by atoms with E-state index in [1.165, 1.54) is 18.2 Å². The summed E-state index contributed by atoms with van der Waals surface area (Å²) in [6.07, 6.45) is 2.86. The lowest BCUT2D eigenvalue weighted by Gasteiger charge is -2.07. The van der Waals surface area contributed by atoms with Crippen molar-refractivity contribution in [2.24, 2.45) is 0 Å². The van der Waals surface area contributed by atoms with Gasteiger partial charge in [0, 0.05) is 6.54 Å². The fourth-order valence-corrected chi connectivity index (χ4v) is 1.70. The van der Waals surface area contributed by atoms with Gasteiger partial charge in [0.2, 0.25) is 0 Å². The molecular weight excluding hydrogens is 226 g/mol. The first-order chi connectivity index (χ1) is 7.66. The van der Waals surface area contributed by atoms with Crippen LogP contribution in [0.4, 0.5) is 0 Å². The van der Waals surface area contributed by atoms with Gasteiger partial charge in [-0.3, -0.25) is 4.79 Å². The second kappa shape index (κ2) is 6.27. The second-order valence-corrected chi connectivity index (χ2v) is 4.26. The molecule has 4 nitrogen and oxygen atoms in total. The maximum Gasteiger partial charge on any atom is 0.258 e. The first-order valence-corrected chi connectivity index (χ1v) is 6.34. The minimum atomic E-state index is -0.447. The molecule has 0 unspecified atom stereocenters. The van der Waals surface area contributed by atoms with Gasteiger partial charge in [-0.15, -0.1) is 0 Å². The summed E-state index contributed by atoms with van der Waals surface area (Å²) in [6.45, 7) is 0.535. The summed E-state index contributed by atoms with van der Waals surface area (Å²) < 4.78 is 0. The topological polar surface area (TPSA) is 69.6 Å². The summed E-state index contributed by atoms with van der Waals surface area (Å²) in [4.78, 5) is 11.6. The molecule has 1 aromatic rings. The molecule has 0 aliphatic heterocycles. The fraction of sp³-hybridized carbons (Fsp3) is 0.364. The first kappa shape index (κ1) is 12.7. The molecule has 0 saturated carbocycles. The van der Waals surface area contributed by atoms with Crippen LogP contribution in [0.3, 0.4) is 0 Å². The number of hydrogen-bond donors (Lipinski definition) is 3. The van der Waals surface area contributed by atoms with Gasteiger partial charge >= 0.3 is 0 Å². The predicted molar refractivity (Wildman–Crippen MR) is 65.1 cm³/mol. The molecule has 5 heteroatoms. The summed E-state index contributed by atoms with van der Waals surface area (Å²) in [5.74, 6) is 0.106. The van der Waals surface area contributed by atoms with Crippen LogP contribution in [0.2, 0.25) is 0 Å². The Labute approximate surface area is 98.7 Å². The number of rotatable bonds is 5. The van der Waals surface area contributed by atoms with Gasteiger partial charge in [-0.25, -0.2) is 0 Å². The van der Waals surface area contributed by atoms with Crippen LogP contribution in [0.5, 0.6) is 11.5 Å². The van der Waals surface area contributed by atoms with E-state index in [4.69, 9.17) is 0 Å². The number of amides is 1. The Morgan fingerprint density at radius 3 is 2.56 bits per heavy atom. The van der Waals surface area contributed by atoms with Crippen LogP contribution in [0.1, 0.15) is 16.8 Å². The number of hydrogen-bond acceptors (Lipinski definition) is 4. The number of nitrogens with one attached hydrogen (secondary N) is 1. The number of phenols is 2. The van der Waals surface area contributed by atoms with E-state index < -0.39 is 5.91 Å². The first-order valence-electron chi connectivity index (χ1n) is 4.95. The highest BCUT2D eigenvalue weighted by molar-refractivity contribution is 7.98. The van der Waals surface area contributed by atoms with E-state index in [0.717, 1.165) is 12.2 Å². The van der Waals surface area contributed by atoms with E-state index in [-0.39, 0.29) is 17.1 Å². The fourth-order valence-electron chi connectivity index (χ4n) is 1.27. The molecule has 0 spiro atoms. The molecule has 0 bridgehead atoms. The maximum absolute atomic E-state index is 11.6. The van der Waals surface area contributed by atoms with Gasteiger partial charge in [0.1, 0.15) is 17.1 Å². The summed E-state index contributed by atoms with van der Waals surface area (Å²) in [5, 5.41) is 21.5. The summed E-state index contributed by atoms with van der Waals surface area (Å²) in [6, 6.07) is 4.22. The number of carbonyl (C=O) groups is 1. The molecule has 0 radical (unpaired) electrons. The molecule has 1 aromatic carbocycles. The molecule has 88 valence electrons. The van der Waals surface area contributed by atoms with Crippen LogP contribution >= 0.6 is 11.8 Å². The molecule has 0 fully saturated rings. The molecule has 0 saturated heterocycles. The highest BCUT2D eigenvalue weighted by Gasteiger charge is 2.14. The number of benzene rings is 1. The van der Waals surface area contributed by atoms with Gasteiger partial charge in [-0.05, 0) is 30.6 Å². The van der Waals surface area contributed by atoms with Gasteiger partial charge < -0.3 is 15.5 Å². The molecule has 1 rings (SSSR count). The van der Waals surface area contributed by atoms with Crippen molar-refractivity contribution in [2.45, 2.75) is 6.42 Å². The highest BCUT2D eigenvalue weighted by Crippen LogP contribution is 2.25. The lowest BCUT2D eigenvalue weighted by Crippen LogP contribution is -2.24. The van der Waals surface area contributed by atoms with Crippen LogP contribution in [-0.4, -0.2) is 34.7 Å². The minimum Gasteiger partial charge on any atom is -0.507 e. The zero-order chi connectivity index (χ0) is 12.0. The van der Waals surface area contributed by atoms with Gasteiger partial charge in [0.05, 0.1) is 0 Å². The van der Waals surface area contributed by atoms with Gasteiger partial charge in [0.15, 0.2) is 0 Å². The van der Waals surface area contributed by atoms with Crippen molar-refractivity contribution in [3.63, 3.8) is 0 Å². The molecular formula is C11H15NO3S. The Balaban J connectivity index is 2.59. The monoisotopic (exact) mass is 241 g/mol. The lowest BCUT2D eigenvalue weighted by atomic mass is 10.1. The Morgan fingerprint density at radius 1 is 1.38 bits per heavy atom. The average molecular weight is 241 g/mol. The molecule has 0 aliphatic rings. The van der Waals surface area contributed by atoms with Gasteiger partial charge in [-0.1, -0.05) is 6.07 Å². The van der Waals surface area contributed by atoms with Crippen molar-refractivity contribution in [1.82, 2.24) is 5.32 Å². The van der Waals surface area contributed by atoms with E-state index in [1.807, 2.05) is 6.26 Å². The number of thioether (sulfide) groups is 1. The molecule has 16 heavy (non-hydrogen) atoms. The number of carbonyl (C=O) groups excluding carboxylic acids is 1. The van der Waals surface area contributed by atoms with E-state index in [1.54, 1.807) is 11.8 Å². The molecule has 1 amide bonds. The zero-order valence-electron chi connectivity index (χ0n) is 9.06. The normalized spacial score (nSPS) is 10.1. The molecule has 0 aromatic heterocycles. The van der Waals surface area contributed by atoms with Crippen LogP contribution in [0, 0.1) is 0 Å². The van der Waals surface area contributed by atoms with Crippen molar-refractivity contribution in [1.29, 1.82) is 0 Å². The summed E-state index contributed by atoms with van der Waals surface area (Å²) >= 11 is 1.71. The van der Waals surface area contributed by atoms with Crippen LogP contribution in [0.25, 0.3) is 0 Å². The average Bonchev–Trinajstić information content (AvgIpc) is 2.24. The SMILES string of the molecule is CSCCCNC(=O)c1c(O)cccc1O. The Hall–Kier alpha value is -1.36. The largest absolute Gasteiger partial charge is 0.507 e. The molecule has 0 heterocycles. The van der Waals surface area contributed by atoms with E-state index in [2.05, 4.69) is 5.32 Å². The third-order valence-electron chi connectivity index (χ3n) is 2.06. The van der Waals surface area contributed by atoms with Crippen LogP contribution in [0.15, 0.2) is 18.2 Å². The van der Waals surface area contributed by atoms with E-state index >= 15 is 0 Å². The van der Waals surface area contributed by atoms with Gasteiger partial charge in [0.25, 0.3) is 5.91 Å². The number of aromatic hydroxyl groups is 2. The molecule has 0 aliphatic carbocycles. The van der Waals surface area contributed by atoms with Crippen molar-refractivity contribution in [3.05, 3.63) is 23.8 Å². The van der Waals surface area contributed by atoms with Gasteiger partial charge in [-0.2, -0.15) is 11.8 Å². The van der Waals surface area contributed by atoms with Crippen LogP contribution < -0.4 is 5.32 Å². The third kappa shape index (κ3) is 3.34. The maximum atomic E-state index is 11.6. The Bertz CT molecular complexity index is 348. The van der Waals surface area contributed by atoms with Crippen molar-refractivity contribution < 1.29 is 15.0 Å². The van der Waals surface area contributed by atoms with Crippen LogP contribution in [-0.2, 0) is 0 Å². The summed E-state index contributed by atoms with van der Waals surface area (Å²) in [5.41, 5.74) is -0.0633. The number of phenolic OH excluding ortho intramolecular Hbond substituents is 2. The molecule has 3 N–H and O–H groups in total. The van der Waals surface area contributed by atoms with Crippen molar-refractivity contribution >= 4 is 17.7 Å². The Morgan fingerprint density at radius 2 is 2.00 bits per heavy atom. The van der Waals surface area contributed by atoms with E-state index in [9.17, 15) is 15.0 Å². The molecule has 0 atom stereocenters. The minimum absolute atomic E-state index is 0.0633. The predicted octanol–water partition coefficient (Wildman–Crippen LogP) is 1.58. The van der Waals surface area contributed by atoms with Crippen molar-refractivity contribution in [2.75, 3.05) is 18.6 Å². The standard InChI is InChI=1S/C11H15NO3S/c1-16-7-3-6-12-11(15)10-8(13)4-2-5-9(10)14/h2,4-5,13-14H,3,6-7H2,1H3,(H,12,15). The quantitative estimate of drug-likeness (QED) is 0.685. The smallest absolute Gasteiger partial charge is 0.258 e.